The van der Waals surface area contributed by atoms with E-state index in [4.69, 9.17) is 0 Å². The summed E-state index contributed by atoms with van der Waals surface area (Å²) in [6.07, 6.45) is 2.44. The van der Waals surface area contributed by atoms with Gasteiger partial charge >= 0.3 is 0 Å². The highest BCUT2D eigenvalue weighted by Crippen LogP contribution is 2.24. The van der Waals surface area contributed by atoms with Gasteiger partial charge in [0.1, 0.15) is 0 Å². The van der Waals surface area contributed by atoms with Crippen molar-refractivity contribution in [1.29, 1.82) is 0 Å². The van der Waals surface area contributed by atoms with E-state index in [2.05, 4.69) is 38.4 Å². The standard InChI is InChI=1S/C21H24BrN3O2/c1-15-10-12-25(13-11-15)17-8-6-16(7-9-17)24-20(26)14-23-21(27)18-4-2-3-5-19(18)22/h2-9,15H,10-14H2,1H3,(H,23,27)(H,24,26). The summed E-state index contributed by atoms with van der Waals surface area (Å²) in [6.45, 7) is 4.37. The molecule has 142 valence electrons. The van der Waals surface area contributed by atoms with Gasteiger partial charge in [0, 0.05) is 28.9 Å². The van der Waals surface area contributed by atoms with Gasteiger partial charge in [-0.1, -0.05) is 19.1 Å². The minimum absolute atomic E-state index is 0.0774. The van der Waals surface area contributed by atoms with E-state index in [0.29, 0.717) is 10.0 Å². The Bertz CT molecular complexity index is 799. The quantitative estimate of drug-likeness (QED) is 0.753. The predicted molar refractivity (Wildman–Crippen MR) is 112 cm³/mol. The molecule has 1 aliphatic rings. The lowest BCUT2D eigenvalue weighted by atomic mass is 9.99. The Morgan fingerprint density at radius 3 is 2.41 bits per heavy atom. The Hall–Kier alpha value is -2.34. The summed E-state index contributed by atoms with van der Waals surface area (Å²) in [5, 5.41) is 5.45. The molecule has 1 aliphatic heterocycles. The van der Waals surface area contributed by atoms with Crippen molar-refractivity contribution in [3.05, 3.63) is 58.6 Å². The van der Waals surface area contributed by atoms with Gasteiger partial charge in [0.25, 0.3) is 5.91 Å². The number of amides is 2. The van der Waals surface area contributed by atoms with Crippen LogP contribution >= 0.6 is 15.9 Å². The molecule has 0 aliphatic carbocycles. The van der Waals surface area contributed by atoms with Crippen LogP contribution in [0.4, 0.5) is 11.4 Å². The van der Waals surface area contributed by atoms with Crippen molar-refractivity contribution in [2.24, 2.45) is 5.92 Å². The SMILES string of the molecule is CC1CCN(c2ccc(NC(=O)CNC(=O)c3ccccc3Br)cc2)CC1. The fraction of sp³-hybridized carbons (Fsp3) is 0.333. The van der Waals surface area contributed by atoms with E-state index in [9.17, 15) is 9.59 Å². The molecule has 5 nitrogen and oxygen atoms in total. The van der Waals surface area contributed by atoms with Gasteiger partial charge in [-0.3, -0.25) is 9.59 Å². The molecule has 2 amide bonds. The first-order valence-electron chi connectivity index (χ1n) is 9.20. The van der Waals surface area contributed by atoms with Crippen LogP contribution < -0.4 is 15.5 Å². The fourth-order valence-electron chi connectivity index (χ4n) is 3.13. The first-order chi connectivity index (χ1) is 13.0. The summed E-state index contributed by atoms with van der Waals surface area (Å²) in [6, 6.07) is 15.0. The first-order valence-corrected chi connectivity index (χ1v) is 10.00. The number of hydrogen-bond donors (Lipinski definition) is 2. The number of halogens is 1. The van der Waals surface area contributed by atoms with Gasteiger partial charge in [-0.15, -0.1) is 0 Å². The number of hydrogen-bond acceptors (Lipinski definition) is 3. The largest absolute Gasteiger partial charge is 0.372 e. The van der Waals surface area contributed by atoms with Gasteiger partial charge in [-0.2, -0.15) is 0 Å². The van der Waals surface area contributed by atoms with Gasteiger partial charge in [0.05, 0.1) is 12.1 Å². The smallest absolute Gasteiger partial charge is 0.252 e. The number of piperidine rings is 1. The van der Waals surface area contributed by atoms with Gasteiger partial charge < -0.3 is 15.5 Å². The number of benzene rings is 2. The van der Waals surface area contributed by atoms with E-state index in [1.807, 2.05) is 30.3 Å². The van der Waals surface area contributed by atoms with E-state index in [1.165, 1.54) is 18.5 Å². The maximum Gasteiger partial charge on any atom is 0.252 e. The van der Waals surface area contributed by atoms with Gasteiger partial charge in [-0.05, 0) is 71.1 Å². The highest BCUT2D eigenvalue weighted by Gasteiger charge is 2.16. The monoisotopic (exact) mass is 429 g/mol. The third kappa shape index (κ3) is 5.32. The molecular weight excluding hydrogens is 406 g/mol. The maximum atomic E-state index is 12.1. The second-order valence-electron chi connectivity index (χ2n) is 6.93. The normalized spacial score (nSPS) is 14.7. The van der Waals surface area contributed by atoms with Crippen molar-refractivity contribution in [3.8, 4) is 0 Å². The third-order valence-electron chi connectivity index (χ3n) is 4.83. The molecule has 0 aromatic heterocycles. The molecule has 6 heteroatoms. The number of rotatable bonds is 5. The molecular formula is C21H24BrN3O2. The van der Waals surface area contributed by atoms with Crippen molar-refractivity contribution < 1.29 is 9.59 Å². The molecule has 0 atom stereocenters. The second kappa shape index (κ2) is 9.04. The molecule has 1 heterocycles. The lowest BCUT2D eigenvalue weighted by Crippen LogP contribution is -2.33. The molecule has 3 rings (SSSR count). The molecule has 1 fully saturated rings. The number of nitrogens with zero attached hydrogens (tertiary/aromatic N) is 1. The molecule has 0 unspecified atom stereocenters. The zero-order chi connectivity index (χ0) is 19.2. The molecule has 1 saturated heterocycles. The first kappa shape index (κ1) is 19.4. The van der Waals surface area contributed by atoms with Crippen LogP contribution in [0.1, 0.15) is 30.1 Å². The van der Waals surface area contributed by atoms with Crippen molar-refractivity contribution >= 4 is 39.1 Å². The Morgan fingerprint density at radius 2 is 1.74 bits per heavy atom. The van der Waals surface area contributed by atoms with Crippen LogP contribution in [-0.2, 0) is 4.79 Å². The Kier molecular flexibility index (Phi) is 6.50. The van der Waals surface area contributed by atoms with Crippen LogP contribution in [-0.4, -0.2) is 31.4 Å². The van der Waals surface area contributed by atoms with Gasteiger partial charge in [-0.25, -0.2) is 0 Å². The van der Waals surface area contributed by atoms with E-state index in [1.54, 1.807) is 18.2 Å². The van der Waals surface area contributed by atoms with Crippen LogP contribution in [0.2, 0.25) is 0 Å². The average molecular weight is 430 g/mol. The number of carbonyl (C=O) groups excluding carboxylic acids is 2. The van der Waals surface area contributed by atoms with E-state index in [-0.39, 0.29) is 18.4 Å². The third-order valence-corrected chi connectivity index (χ3v) is 5.52. The van der Waals surface area contributed by atoms with Crippen LogP contribution in [0.3, 0.4) is 0 Å². The molecule has 2 aromatic rings. The maximum absolute atomic E-state index is 12.1. The van der Waals surface area contributed by atoms with E-state index < -0.39 is 0 Å². The summed E-state index contributed by atoms with van der Waals surface area (Å²) in [5.41, 5.74) is 2.41. The molecule has 2 aromatic carbocycles. The number of anilines is 2. The summed E-state index contributed by atoms with van der Waals surface area (Å²) < 4.78 is 0.700. The van der Waals surface area contributed by atoms with Crippen molar-refractivity contribution in [2.75, 3.05) is 29.9 Å². The number of nitrogens with one attached hydrogen (secondary N) is 2. The summed E-state index contributed by atoms with van der Waals surface area (Å²) in [4.78, 5) is 26.6. The molecule has 2 N–H and O–H groups in total. The van der Waals surface area contributed by atoms with Crippen molar-refractivity contribution in [2.45, 2.75) is 19.8 Å². The van der Waals surface area contributed by atoms with Crippen LogP contribution in [0.25, 0.3) is 0 Å². The highest BCUT2D eigenvalue weighted by atomic mass is 79.9. The predicted octanol–water partition coefficient (Wildman–Crippen LogP) is 4.05. The zero-order valence-electron chi connectivity index (χ0n) is 15.4. The summed E-state index contributed by atoms with van der Waals surface area (Å²) >= 11 is 3.34. The molecule has 0 saturated carbocycles. The molecule has 27 heavy (non-hydrogen) atoms. The van der Waals surface area contributed by atoms with Crippen LogP contribution in [0.15, 0.2) is 53.0 Å². The Labute approximate surface area is 168 Å². The minimum atomic E-state index is -0.285. The molecule has 0 radical (unpaired) electrons. The van der Waals surface area contributed by atoms with Crippen molar-refractivity contribution in [3.63, 3.8) is 0 Å². The topological polar surface area (TPSA) is 61.4 Å². The van der Waals surface area contributed by atoms with Crippen LogP contribution in [0.5, 0.6) is 0 Å². The second-order valence-corrected chi connectivity index (χ2v) is 7.78. The highest BCUT2D eigenvalue weighted by molar-refractivity contribution is 9.10. The number of carbonyl (C=O) groups is 2. The summed E-state index contributed by atoms with van der Waals surface area (Å²) in [7, 11) is 0. The Balaban J connectivity index is 1.49. The fourth-order valence-corrected chi connectivity index (χ4v) is 3.59. The van der Waals surface area contributed by atoms with Crippen molar-refractivity contribution in [1.82, 2.24) is 5.32 Å². The molecule has 0 bridgehead atoms. The van der Waals surface area contributed by atoms with Gasteiger partial charge in [0.2, 0.25) is 5.91 Å². The summed E-state index contributed by atoms with van der Waals surface area (Å²) in [5.74, 6) is 0.258. The van der Waals surface area contributed by atoms with Crippen LogP contribution in [0, 0.1) is 5.92 Å². The molecule has 0 spiro atoms. The van der Waals surface area contributed by atoms with Gasteiger partial charge in [0.15, 0.2) is 0 Å². The Morgan fingerprint density at radius 1 is 1.07 bits per heavy atom. The van der Waals surface area contributed by atoms with E-state index in [0.717, 1.165) is 24.7 Å². The average Bonchev–Trinajstić information content (AvgIpc) is 2.68. The lowest BCUT2D eigenvalue weighted by Gasteiger charge is -2.32. The van der Waals surface area contributed by atoms with E-state index >= 15 is 0 Å². The minimum Gasteiger partial charge on any atom is -0.372 e. The zero-order valence-corrected chi connectivity index (χ0v) is 17.0. The lowest BCUT2D eigenvalue weighted by molar-refractivity contribution is -0.115.